The monoisotopic (exact) mass is 189 g/mol. The zero-order chi connectivity index (χ0) is 10.4. The number of carbonyl (C=O) groups is 1. The van der Waals surface area contributed by atoms with Gasteiger partial charge in [0.2, 0.25) is 5.91 Å². The van der Waals surface area contributed by atoms with Crippen molar-refractivity contribution in [2.24, 2.45) is 0 Å². The van der Waals surface area contributed by atoms with Crippen LogP contribution in [0.4, 0.5) is 0 Å². The summed E-state index contributed by atoms with van der Waals surface area (Å²) in [4.78, 5) is 14.6. The number of nitrogens with zero attached hydrogens (tertiary/aromatic N) is 2. The van der Waals surface area contributed by atoms with E-state index < -0.39 is 0 Å². The normalized spacial score (nSPS) is 9.14. The molecule has 0 aromatic carbocycles. The Morgan fingerprint density at radius 3 is 3.07 bits per heavy atom. The minimum Gasteiger partial charge on any atom is -0.356 e. The number of hydrogen-bond acceptors (Lipinski definition) is 3. The minimum atomic E-state index is -0.0542. The predicted octanol–water partition coefficient (Wildman–Crippen LogP) is 0.632. The third kappa shape index (κ3) is 3.23. The van der Waals surface area contributed by atoms with E-state index in [9.17, 15) is 4.79 Å². The summed E-state index contributed by atoms with van der Waals surface area (Å²) in [5.41, 5.74) is 1.23. The molecule has 1 aromatic rings. The van der Waals surface area contributed by atoms with Gasteiger partial charge in [-0.1, -0.05) is 6.07 Å². The molecular weight excluding hydrogens is 178 g/mol. The molecule has 1 amide bonds. The van der Waals surface area contributed by atoms with Crippen LogP contribution in [-0.4, -0.2) is 17.4 Å². The summed E-state index contributed by atoms with van der Waals surface area (Å²) in [6.07, 6.45) is 0.648. The maximum absolute atomic E-state index is 10.6. The van der Waals surface area contributed by atoms with Crippen molar-refractivity contribution in [3.8, 4) is 6.07 Å². The van der Waals surface area contributed by atoms with Crippen LogP contribution in [0, 0.1) is 11.3 Å². The second kappa shape index (κ2) is 4.97. The molecule has 0 fully saturated rings. The Balaban J connectivity index is 2.51. The molecule has 4 heteroatoms. The predicted molar refractivity (Wildman–Crippen MR) is 51.3 cm³/mol. The van der Waals surface area contributed by atoms with Crippen molar-refractivity contribution >= 4 is 5.91 Å². The van der Waals surface area contributed by atoms with Crippen molar-refractivity contribution in [2.75, 3.05) is 6.54 Å². The first-order valence-electron chi connectivity index (χ1n) is 4.33. The van der Waals surface area contributed by atoms with E-state index in [1.54, 1.807) is 12.1 Å². The van der Waals surface area contributed by atoms with Crippen LogP contribution in [0.2, 0.25) is 0 Å². The van der Waals surface area contributed by atoms with Crippen molar-refractivity contribution in [3.63, 3.8) is 0 Å². The lowest BCUT2D eigenvalue weighted by molar-refractivity contribution is -0.118. The molecule has 0 aliphatic carbocycles. The number of pyridine rings is 1. The Labute approximate surface area is 82.6 Å². The maximum atomic E-state index is 10.6. The lowest BCUT2D eigenvalue weighted by atomic mass is 10.2. The van der Waals surface area contributed by atoms with E-state index in [4.69, 9.17) is 5.26 Å². The Hall–Kier alpha value is -1.89. The molecule has 0 saturated heterocycles. The number of nitrogens with one attached hydrogen (secondary N) is 1. The third-order valence-electron chi connectivity index (χ3n) is 1.68. The first-order valence-corrected chi connectivity index (χ1v) is 4.33. The van der Waals surface area contributed by atoms with Crippen LogP contribution in [0.5, 0.6) is 0 Å². The molecule has 1 heterocycles. The van der Waals surface area contributed by atoms with Crippen molar-refractivity contribution < 1.29 is 4.79 Å². The Kier molecular flexibility index (Phi) is 3.62. The zero-order valence-corrected chi connectivity index (χ0v) is 7.95. The molecule has 14 heavy (non-hydrogen) atoms. The fraction of sp³-hybridized carbons (Fsp3) is 0.300. The van der Waals surface area contributed by atoms with E-state index in [-0.39, 0.29) is 5.91 Å². The summed E-state index contributed by atoms with van der Waals surface area (Å²) in [6, 6.07) is 7.25. The largest absolute Gasteiger partial charge is 0.356 e. The topological polar surface area (TPSA) is 65.8 Å². The summed E-state index contributed by atoms with van der Waals surface area (Å²) in [5, 5.41) is 11.3. The lowest BCUT2D eigenvalue weighted by Gasteiger charge is -2.01. The number of nitriles is 1. The van der Waals surface area contributed by atoms with E-state index >= 15 is 0 Å². The summed E-state index contributed by atoms with van der Waals surface area (Å²) < 4.78 is 0. The van der Waals surface area contributed by atoms with E-state index in [0.29, 0.717) is 18.7 Å². The first kappa shape index (κ1) is 10.2. The average molecular weight is 189 g/mol. The molecule has 0 atom stereocenters. The number of amides is 1. The van der Waals surface area contributed by atoms with E-state index in [2.05, 4.69) is 10.3 Å². The smallest absolute Gasteiger partial charge is 0.216 e. The lowest BCUT2D eigenvalue weighted by Crippen LogP contribution is -2.22. The highest BCUT2D eigenvalue weighted by molar-refractivity contribution is 5.72. The van der Waals surface area contributed by atoms with Gasteiger partial charge in [0.1, 0.15) is 11.8 Å². The van der Waals surface area contributed by atoms with Gasteiger partial charge in [-0.05, 0) is 12.1 Å². The summed E-state index contributed by atoms with van der Waals surface area (Å²) in [5.74, 6) is -0.0542. The first-order chi connectivity index (χ1) is 6.72. The highest BCUT2D eigenvalue weighted by atomic mass is 16.1. The molecule has 1 aromatic heterocycles. The van der Waals surface area contributed by atoms with Gasteiger partial charge in [-0.2, -0.15) is 5.26 Å². The molecule has 0 spiro atoms. The van der Waals surface area contributed by atoms with Gasteiger partial charge >= 0.3 is 0 Å². The van der Waals surface area contributed by atoms with E-state index in [1.165, 1.54) is 6.92 Å². The summed E-state index contributed by atoms with van der Waals surface area (Å²) in [6.45, 7) is 2.02. The molecule has 0 saturated carbocycles. The van der Waals surface area contributed by atoms with Crippen LogP contribution in [0.1, 0.15) is 18.3 Å². The highest BCUT2D eigenvalue weighted by Gasteiger charge is 1.97. The van der Waals surface area contributed by atoms with Gasteiger partial charge in [-0.25, -0.2) is 4.98 Å². The maximum Gasteiger partial charge on any atom is 0.216 e. The average Bonchev–Trinajstić information content (AvgIpc) is 2.18. The molecule has 1 rings (SSSR count). The molecule has 0 aliphatic heterocycles. The second-order valence-electron chi connectivity index (χ2n) is 2.86. The molecule has 72 valence electrons. The van der Waals surface area contributed by atoms with Crippen LogP contribution in [0.25, 0.3) is 0 Å². The van der Waals surface area contributed by atoms with Gasteiger partial charge in [-0.3, -0.25) is 4.79 Å². The number of carbonyl (C=O) groups excluding carboxylic acids is 1. The number of hydrogen-bond donors (Lipinski definition) is 1. The van der Waals surface area contributed by atoms with Crippen molar-refractivity contribution in [1.82, 2.24) is 10.3 Å². The van der Waals surface area contributed by atoms with Gasteiger partial charge in [0.15, 0.2) is 0 Å². The second-order valence-corrected chi connectivity index (χ2v) is 2.86. The molecule has 4 nitrogen and oxygen atoms in total. The third-order valence-corrected chi connectivity index (χ3v) is 1.68. The Bertz CT molecular complexity index is 368. The van der Waals surface area contributed by atoms with Gasteiger partial charge < -0.3 is 5.32 Å². The quantitative estimate of drug-likeness (QED) is 0.758. The zero-order valence-electron chi connectivity index (χ0n) is 7.95. The summed E-state index contributed by atoms with van der Waals surface area (Å²) >= 11 is 0. The minimum absolute atomic E-state index is 0.0542. The molecule has 0 unspecified atom stereocenters. The fourth-order valence-electron chi connectivity index (χ4n) is 1.05. The highest BCUT2D eigenvalue weighted by Crippen LogP contribution is 1.98. The Morgan fingerprint density at radius 1 is 1.64 bits per heavy atom. The standard InChI is InChI=1S/C10H11N3O/c1-8(14)12-6-5-9-3-2-4-10(7-11)13-9/h2-4H,5-6H2,1H3,(H,12,14). The van der Waals surface area contributed by atoms with Crippen molar-refractivity contribution in [1.29, 1.82) is 5.26 Å². The van der Waals surface area contributed by atoms with Crippen LogP contribution < -0.4 is 5.32 Å². The van der Waals surface area contributed by atoms with Gasteiger partial charge in [0.05, 0.1) is 0 Å². The van der Waals surface area contributed by atoms with Crippen LogP contribution >= 0.6 is 0 Å². The molecule has 0 aliphatic rings. The van der Waals surface area contributed by atoms with Crippen LogP contribution in [0.3, 0.4) is 0 Å². The van der Waals surface area contributed by atoms with Crippen LogP contribution in [-0.2, 0) is 11.2 Å². The van der Waals surface area contributed by atoms with Gasteiger partial charge in [-0.15, -0.1) is 0 Å². The van der Waals surface area contributed by atoms with Gasteiger partial charge in [0.25, 0.3) is 0 Å². The van der Waals surface area contributed by atoms with Gasteiger partial charge in [0, 0.05) is 25.6 Å². The number of rotatable bonds is 3. The molecule has 0 bridgehead atoms. The number of aromatic nitrogens is 1. The molecule has 0 radical (unpaired) electrons. The molecule has 1 N–H and O–H groups in total. The Morgan fingerprint density at radius 2 is 2.43 bits per heavy atom. The summed E-state index contributed by atoms with van der Waals surface area (Å²) in [7, 11) is 0. The van der Waals surface area contributed by atoms with Crippen molar-refractivity contribution in [3.05, 3.63) is 29.6 Å². The fourth-order valence-corrected chi connectivity index (χ4v) is 1.05. The van der Waals surface area contributed by atoms with E-state index in [0.717, 1.165) is 5.69 Å². The van der Waals surface area contributed by atoms with E-state index in [1.807, 2.05) is 12.1 Å². The SMILES string of the molecule is CC(=O)NCCc1cccc(C#N)n1. The van der Waals surface area contributed by atoms with Crippen molar-refractivity contribution in [2.45, 2.75) is 13.3 Å². The molecular formula is C10H11N3O. The van der Waals surface area contributed by atoms with Crippen LogP contribution in [0.15, 0.2) is 18.2 Å².